The largest absolute Gasteiger partial charge is 0.365 e. The molecule has 0 spiro atoms. The molecule has 1 aromatic carbocycles. The molecule has 1 aromatic heterocycles. The molecule has 0 aliphatic heterocycles. The minimum absolute atomic E-state index is 0.0930. The molecule has 2 aromatic rings. The third-order valence-corrected chi connectivity index (χ3v) is 3.83. The van der Waals surface area contributed by atoms with Crippen LogP contribution in [0.3, 0.4) is 0 Å². The van der Waals surface area contributed by atoms with Gasteiger partial charge in [-0.2, -0.15) is 0 Å². The standard InChI is InChI=1S/C12H12ClN5O3S/c1-14-12-16-7(6-22-12)5-15-11(19)17-10-3-2-8(18(20)21)4-9(10)13/h2-4,6H,5H2,1H3,(H,14,16)(H2,15,17,19). The summed E-state index contributed by atoms with van der Waals surface area (Å²) in [4.78, 5) is 26.0. The van der Waals surface area contributed by atoms with Crippen LogP contribution in [0.1, 0.15) is 5.69 Å². The van der Waals surface area contributed by atoms with Gasteiger partial charge in [-0.1, -0.05) is 11.6 Å². The number of carbonyl (C=O) groups is 1. The van der Waals surface area contributed by atoms with E-state index in [-0.39, 0.29) is 17.3 Å². The van der Waals surface area contributed by atoms with Crippen LogP contribution in [0.15, 0.2) is 23.6 Å². The van der Waals surface area contributed by atoms with Crippen molar-refractivity contribution < 1.29 is 9.72 Å². The highest BCUT2D eigenvalue weighted by atomic mass is 35.5. The maximum absolute atomic E-state index is 11.8. The maximum Gasteiger partial charge on any atom is 0.319 e. The number of benzene rings is 1. The van der Waals surface area contributed by atoms with Gasteiger partial charge in [-0.05, 0) is 6.07 Å². The molecular formula is C12H12ClN5O3S. The van der Waals surface area contributed by atoms with Gasteiger partial charge in [0.1, 0.15) is 0 Å². The Kier molecular flexibility index (Phi) is 5.12. The SMILES string of the molecule is CNc1nc(CNC(=O)Nc2ccc([N+](=O)[O-])cc2Cl)cs1. The van der Waals surface area contributed by atoms with Crippen molar-refractivity contribution >= 4 is 45.5 Å². The lowest BCUT2D eigenvalue weighted by atomic mass is 10.3. The van der Waals surface area contributed by atoms with Crippen LogP contribution in [0.5, 0.6) is 0 Å². The minimum Gasteiger partial charge on any atom is -0.365 e. The fourth-order valence-electron chi connectivity index (χ4n) is 1.56. The van der Waals surface area contributed by atoms with Crippen LogP contribution >= 0.6 is 22.9 Å². The lowest BCUT2D eigenvalue weighted by Crippen LogP contribution is -2.28. The summed E-state index contributed by atoms with van der Waals surface area (Å²) in [5.74, 6) is 0. The second-order valence-electron chi connectivity index (χ2n) is 4.12. The highest BCUT2D eigenvalue weighted by Gasteiger charge is 2.11. The minimum atomic E-state index is -0.558. The summed E-state index contributed by atoms with van der Waals surface area (Å²) in [6, 6.07) is 3.34. The van der Waals surface area contributed by atoms with Crippen LogP contribution in [-0.2, 0) is 6.54 Å². The molecule has 2 amide bonds. The number of amides is 2. The molecule has 3 N–H and O–H groups in total. The van der Waals surface area contributed by atoms with Gasteiger partial charge in [-0.3, -0.25) is 10.1 Å². The molecule has 0 fully saturated rings. The highest BCUT2D eigenvalue weighted by Crippen LogP contribution is 2.26. The van der Waals surface area contributed by atoms with E-state index in [4.69, 9.17) is 11.6 Å². The van der Waals surface area contributed by atoms with E-state index >= 15 is 0 Å². The molecule has 8 nitrogen and oxygen atoms in total. The molecular weight excluding hydrogens is 330 g/mol. The first kappa shape index (κ1) is 16.0. The summed E-state index contributed by atoms with van der Waals surface area (Å²) < 4.78 is 0. The van der Waals surface area contributed by atoms with Gasteiger partial charge in [-0.15, -0.1) is 11.3 Å². The molecule has 0 atom stereocenters. The van der Waals surface area contributed by atoms with Crippen LogP contribution in [0.25, 0.3) is 0 Å². The van der Waals surface area contributed by atoms with E-state index in [9.17, 15) is 14.9 Å². The quantitative estimate of drug-likeness (QED) is 0.572. The number of thiazole rings is 1. The van der Waals surface area contributed by atoms with Gasteiger partial charge in [0.2, 0.25) is 0 Å². The summed E-state index contributed by atoms with van der Waals surface area (Å²) in [5.41, 5.74) is 0.872. The zero-order valence-electron chi connectivity index (χ0n) is 11.4. The predicted octanol–water partition coefficient (Wildman–Crippen LogP) is 3.07. The lowest BCUT2D eigenvalue weighted by molar-refractivity contribution is -0.384. The summed E-state index contributed by atoms with van der Waals surface area (Å²) in [6.07, 6.45) is 0. The first-order chi connectivity index (χ1) is 10.5. The molecule has 0 aliphatic rings. The third-order valence-electron chi connectivity index (χ3n) is 2.61. The Bertz CT molecular complexity index is 706. The predicted molar refractivity (Wildman–Crippen MR) is 85.6 cm³/mol. The first-order valence-electron chi connectivity index (χ1n) is 6.10. The summed E-state index contributed by atoms with van der Waals surface area (Å²) in [7, 11) is 1.76. The zero-order valence-corrected chi connectivity index (χ0v) is 13.0. The number of nitro benzene ring substituents is 1. The number of rotatable bonds is 5. The van der Waals surface area contributed by atoms with E-state index in [0.717, 1.165) is 10.8 Å². The first-order valence-corrected chi connectivity index (χ1v) is 7.36. The Hall–Kier alpha value is -2.39. The van der Waals surface area contributed by atoms with Gasteiger partial charge in [0.15, 0.2) is 5.13 Å². The number of carbonyl (C=O) groups excluding carboxylic acids is 1. The molecule has 2 rings (SSSR count). The molecule has 0 unspecified atom stereocenters. The van der Waals surface area contributed by atoms with Gasteiger partial charge in [-0.25, -0.2) is 9.78 Å². The van der Waals surface area contributed by atoms with E-state index in [1.807, 2.05) is 5.38 Å². The van der Waals surface area contributed by atoms with E-state index in [2.05, 4.69) is 20.9 Å². The Morgan fingerprint density at radius 3 is 2.86 bits per heavy atom. The second-order valence-corrected chi connectivity index (χ2v) is 5.39. The molecule has 10 heteroatoms. The van der Waals surface area contributed by atoms with Crippen molar-refractivity contribution in [1.82, 2.24) is 10.3 Å². The van der Waals surface area contributed by atoms with E-state index in [1.54, 1.807) is 7.05 Å². The summed E-state index contributed by atoms with van der Waals surface area (Å²) >= 11 is 7.32. The van der Waals surface area contributed by atoms with Crippen molar-refractivity contribution in [2.45, 2.75) is 6.54 Å². The average molecular weight is 342 g/mol. The van der Waals surface area contributed by atoms with Crippen molar-refractivity contribution in [3.8, 4) is 0 Å². The summed E-state index contributed by atoms with van der Waals surface area (Å²) in [5, 5.41) is 21.3. The topological polar surface area (TPSA) is 109 Å². The van der Waals surface area contributed by atoms with Gasteiger partial charge in [0.25, 0.3) is 5.69 Å². The molecule has 0 saturated heterocycles. The molecule has 0 aliphatic carbocycles. The monoisotopic (exact) mass is 341 g/mol. The van der Waals surface area contributed by atoms with Crippen LogP contribution in [0.2, 0.25) is 5.02 Å². The van der Waals surface area contributed by atoms with Crippen LogP contribution < -0.4 is 16.0 Å². The number of anilines is 2. The zero-order chi connectivity index (χ0) is 16.1. The molecule has 0 saturated carbocycles. The van der Waals surface area contributed by atoms with Crippen molar-refractivity contribution in [3.63, 3.8) is 0 Å². The van der Waals surface area contributed by atoms with Crippen molar-refractivity contribution in [2.75, 3.05) is 17.7 Å². The van der Waals surface area contributed by atoms with Crippen molar-refractivity contribution in [2.24, 2.45) is 0 Å². The van der Waals surface area contributed by atoms with Crippen LogP contribution in [-0.4, -0.2) is 23.0 Å². The molecule has 22 heavy (non-hydrogen) atoms. The molecule has 116 valence electrons. The highest BCUT2D eigenvalue weighted by molar-refractivity contribution is 7.13. The Morgan fingerprint density at radius 1 is 1.50 bits per heavy atom. The number of nitro groups is 1. The normalized spacial score (nSPS) is 10.1. The van der Waals surface area contributed by atoms with Crippen LogP contribution in [0, 0.1) is 10.1 Å². The van der Waals surface area contributed by atoms with E-state index in [1.165, 1.54) is 29.5 Å². The number of hydrogen-bond donors (Lipinski definition) is 3. The Labute approximate surface area is 134 Å². The number of urea groups is 1. The lowest BCUT2D eigenvalue weighted by Gasteiger charge is -2.08. The molecule has 0 radical (unpaired) electrons. The number of aromatic nitrogens is 1. The van der Waals surface area contributed by atoms with Gasteiger partial charge < -0.3 is 16.0 Å². The van der Waals surface area contributed by atoms with Crippen molar-refractivity contribution in [3.05, 3.63) is 44.4 Å². The number of hydrogen-bond acceptors (Lipinski definition) is 6. The van der Waals surface area contributed by atoms with Gasteiger partial charge in [0, 0.05) is 24.6 Å². The van der Waals surface area contributed by atoms with E-state index in [0.29, 0.717) is 5.69 Å². The number of nitrogens with one attached hydrogen (secondary N) is 3. The fraction of sp³-hybridized carbons (Fsp3) is 0.167. The molecule has 1 heterocycles. The second kappa shape index (κ2) is 7.05. The summed E-state index contributed by atoms with van der Waals surface area (Å²) in [6.45, 7) is 0.259. The van der Waals surface area contributed by atoms with Crippen molar-refractivity contribution in [1.29, 1.82) is 0 Å². The third kappa shape index (κ3) is 4.06. The smallest absolute Gasteiger partial charge is 0.319 e. The number of non-ortho nitro benzene ring substituents is 1. The molecule has 0 bridgehead atoms. The average Bonchev–Trinajstić information content (AvgIpc) is 2.95. The fourth-order valence-corrected chi connectivity index (χ4v) is 2.45. The van der Waals surface area contributed by atoms with Gasteiger partial charge in [0.05, 0.1) is 27.9 Å². The Morgan fingerprint density at radius 2 is 2.27 bits per heavy atom. The Balaban J connectivity index is 1.93. The van der Waals surface area contributed by atoms with Crippen LogP contribution in [0.4, 0.5) is 21.3 Å². The van der Waals surface area contributed by atoms with E-state index < -0.39 is 11.0 Å². The maximum atomic E-state index is 11.8. The van der Waals surface area contributed by atoms with Gasteiger partial charge >= 0.3 is 6.03 Å². The number of nitrogens with zero attached hydrogens (tertiary/aromatic N) is 2. The number of halogens is 1.